The fraction of sp³-hybridized carbons (Fsp3) is 0.583. The van der Waals surface area contributed by atoms with Gasteiger partial charge in [-0.05, 0) is 41.9 Å². The molecule has 1 aliphatic heterocycles. The van der Waals surface area contributed by atoms with E-state index in [0.29, 0.717) is 23.7 Å². The molecule has 1 aliphatic carbocycles. The average Bonchev–Trinajstić information content (AvgIpc) is 2.95. The monoisotopic (exact) mass is 461 g/mol. The molecule has 2 aliphatic rings. The van der Waals surface area contributed by atoms with Crippen molar-refractivity contribution < 1.29 is 28.2 Å². The highest BCUT2D eigenvalue weighted by atomic mass is 28.4. The van der Waals surface area contributed by atoms with Gasteiger partial charge in [-0.3, -0.25) is 14.5 Å². The van der Waals surface area contributed by atoms with Crippen molar-refractivity contribution in [1.82, 2.24) is 4.90 Å². The number of ether oxygens (including phenoxy) is 3. The van der Waals surface area contributed by atoms with Crippen LogP contribution in [-0.2, 0) is 14.0 Å². The van der Waals surface area contributed by atoms with Gasteiger partial charge in [0.1, 0.15) is 0 Å². The van der Waals surface area contributed by atoms with Gasteiger partial charge in [-0.1, -0.05) is 20.8 Å². The molecule has 0 bridgehead atoms. The summed E-state index contributed by atoms with van der Waals surface area (Å²) in [5, 5.41) is 0.0129. The lowest BCUT2D eigenvalue weighted by molar-refractivity contribution is -0.138. The maximum absolute atomic E-state index is 13.1. The highest BCUT2D eigenvalue weighted by molar-refractivity contribution is 6.74. The second-order valence-electron chi connectivity index (χ2n) is 10.1. The van der Waals surface area contributed by atoms with Gasteiger partial charge in [-0.25, -0.2) is 0 Å². The Balaban J connectivity index is 2.14. The molecule has 0 aromatic heterocycles. The lowest BCUT2D eigenvalue weighted by Gasteiger charge is -2.40. The van der Waals surface area contributed by atoms with Crippen LogP contribution < -0.4 is 14.2 Å². The predicted molar refractivity (Wildman–Crippen MR) is 125 cm³/mol. The first kappa shape index (κ1) is 24.2. The normalized spacial score (nSPS) is 23.6. The van der Waals surface area contributed by atoms with Gasteiger partial charge < -0.3 is 18.6 Å². The van der Waals surface area contributed by atoms with Gasteiger partial charge >= 0.3 is 0 Å². The zero-order valence-electron chi connectivity index (χ0n) is 20.6. The van der Waals surface area contributed by atoms with Crippen molar-refractivity contribution in [2.24, 2.45) is 11.8 Å². The quantitative estimate of drug-likeness (QED) is 0.464. The summed E-state index contributed by atoms with van der Waals surface area (Å²) in [5.41, 5.74) is 0.821. The van der Waals surface area contributed by atoms with Crippen molar-refractivity contribution in [1.29, 1.82) is 0 Å². The molecule has 8 heteroatoms. The number of fused-ring (bicyclic) bond motifs is 1. The topological polar surface area (TPSA) is 74.3 Å². The van der Waals surface area contributed by atoms with E-state index in [4.69, 9.17) is 18.6 Å². The van der Waals surface area contributed by atoms with Gasteiger partial charge in [0.2, 0.25) is 25.9 Å². The Bertz CT molecular complexity index is 923. The van der Waals surface area contributed by atoms with Gasteiger partial charge in [0, 0.05) is 19.4 Å². The van der Waals surface area contributed by atoms with Crippen LogP contribution in [0.1, 0.15) is 38.7 Å². The molecular weight excluding hydrogens is 426 g/mol. The fourth-order valence-corrected chi connectivity index (χ4v) is 5.38. The van der Waals surface area contributed by atoms with Crippen LogP contribution in [0, 0.1) is 11.8 Å². The predicted octanol–water partition coefficient (Wildman–Crippen LogP) is 4.34. The number of imide groups is 1. The molecule has 0 spiro atoms. The maximum Gasteiger partial charge on any atom is 0.250 e. The summed E-state index contributed by atoms with van der Waals surface area (Å²) < 4.78 is 23.1. The van der Waals surface area contributed by atoms with Gasteiger partial charge in [-0.2, -0.15) is 0 Å². The van der Waals surface area contributed by atoms with Gasteiger partial charge in [0.05, 0.1) is 38.9 Å². The number of methoxy groups -OCH3 is 3. The molecule has 1 aromatic carbocycles. The van der Waals surface area contributed by atoms with Crippen LogP contribution in [0.4, 0.5) is 0 Å². The van der Waals surface area contributed by atoms with Gasteiger partial charge in [0.15, 0.2) is 11.5 Å². The minimum Gasteiger partial charge on any atom is -0.547 e. The molecule has 0 unspecified atom stereocenters. The number of hydrogen-bond acceptors (Lipinski definition) is 6. The molecule has 7 nitrogen and oxygen atoms in total. The number of hydrogen-bond donors (Lipinski definition) is 0. The largest absolute Gasteiger partial charge is 0.547 e. The van der Waals surface area contributed by atoms with E-state index in [1.54, 1.807) is 28.4 Å². The summed E-state index contributed by atoms with van der Waals surface area (Å²) in [4.78, 5) is 27.3. The molecule has 1 aromatic rings. The molecule has 176 valence electrons. The van der Waals surface area contributed by atoms with Crippen molar-refractivity contribution in [3.8, 4) is 17.2 Å². The molecule has 1 fully saturated rings. The zero-order valence-corrected chi connectivity index (χ0v) is 21.6. The highest BCUT2D eigenvalue weighted by Crippen LogP contribution is 2.50. The lowest BCUT2D eigenvalue weighted by atomic mass is 9.73. The summed E-state index contributed by atoms with van der Waals surface area (Å²) >= 11 is 0. The second kappa shape index (κ2) is 8.46. The average molecular weight is 462 g/mol. The third-order valence-corrected chi connectivity index (χ3v) is 11.5. The number of rotatable bonds is 6. The molecule has 2 amide bonds. The Morgan fingerprint density at radius 1 is 0.969 bits per heavy atom. The van der Waals surface area contributed by atoms with E-state index in [9.17, 15) is 9.59 Å². The number of likely N-dealkylation sites (tertiary alicyclic amines) is 1. The molecule has 1 saturated heterocycles. The second-order valence-corrected chi connectivity index (χ2v) is 14.8. The molecule has 32 heavy (non-hydrogen) atoms. The SMILES string of the molecule is COc1cc([C@H]2C=C(O[Si](C)(C)C(C)(C)C)C[C@H]3C(=O)N(C)C(=O)[C@@H]23)cc(OC)c1OC. The van der Waals surface area contributed by atoms with Crippen LogP contribution in [0.3, 0.4) is 0 Å². The lowest BCUT2D eigenvalue weighted by Crippen LogP contribution is -2.41. The summed E-state index contributed by atoms with van der Waals surface area (Å²) in [6.45, 7) is 10.9. The molecule has 0 radical (unpaired) electrons. The van der Waals surface area contributed by atoms with E-state index in [-0.39, 0.29) is 22.8 Å². The van der Waals surface area contributed by atoms with Gasteiger partial charge in [0.25, 0.3) is 0 Å². The summed E-state index contributed by atoms with van der Waals surface area (Å²) in [6.07, 6.45) is 2.46. The summed E-state index contributed by atoms with van der Waals surface area (Å²) in [6, 6.07) is 3.70. The Kier molecular flexibility index (Phi) is 6.39. The number of carbonyl (C=O) groups excluding carboxylic acids is 2. The standard InChI is InChI=1S/C24H35NO6Si/c1-24(2,3)32(8,9)31-15-12-16(20-17(13-15)22(26)25(4)23(20)27)14-10-18(28-5)21(30-7)19(11-14)29-6/h10-12,16-17,20H,13H2,1-9H3/t16-,17-,20+/m1/s1. The van der Waals surface area contributed by atoms with Crippen LogP contribution in [-0.4, -0.2) is 53.4 Å². The fourth-order valence-electron chi connectivity index (χ4n) is 4.27. The number of amides is 2. The molecule has 3 atom stereocenters. The smallest absolute Gasteiger partial charge is 0.250 e. The Morgan fingerprint density at radius 2 is 1.53 bits per heavy atom. The van der Waals surface area contributed by atoms with Crippen LogP contribution >= 0.6 is 0 Å². The van der Waals surface area contributed by atoms with Crippen molar-refractivity contribution in [2.75, 3.05) is 28.4 Å². The van der Waals surface area contributed by atoms with Crippen LogP contribution in [0.5, 0.6) is 17.2 Å². The number of carbonyl (C=O) groups is 2. The molecule has 3 rings (SSSR count). The maximum atomic E-state index is 13.1. The summed E-state index contributed by atoms with van der Waals surface area (Å²) in [5.74, 6) is 0.700. The first-order chi connectivity index (χ1) is 14.9. The Hall–Kier alpha value is -2.48. The molecule has 0 N–H and O–H groups in total. The third-order valence-electron chi connectivity index (χ3n) is 7.13. The first-order valence-electron chi connectivity index (χ1n) is 10.9. The minimum atomic E-state index is -2.12. The molecular formula is C24H35NO6Si. The number of allylic oxidation sites excluding steroid dienone is 2. The van der Waals surface area contributed by atoms with Crippen LogP contribution in [0.2, 0.25) is 18.1 Å². The van der Waals surface area contributed by atoms with E-state index in [0.717, 1.165) is 11.3 Å². The molecule has 0 saturated carbocycles. The van der Waals surface area contributed by atoms with E-state index in [1.807, 2.05) is 18.2 Å². The van der Waals surface area contributed by atoms with Crippen molar-refractivity contribution in [3.63, 3.8) is 0 Å². The van der Waals surface area contributed by atoms with E-state index in [1.165, 1.54) is 4.90 Å². The Morgan fingerprint density at radius 3 is 2.00 bits per heavy atom. The van der Waals surface area contributed by atoms with Crippen molar-refractivity contribution >= 4 is 20.1 Å². The Labute approximate surface area is 191 Å². The van der Waals surface area contributed by atoms with Gasteiger partial charge in [-0.15, -0.1) is 0 Å². The van der Waals surface area contributed by atoms with Crippen LogP contribution in [0.15, 0.2) is 24.0 Å². The van der Waals surface area contributed by atoms with Crippen LogP contribution in [0.25, 0.3) is 0 Å². The first-order valence-corrected chi connectivity index (χ1v) is 13.8. The minimum absolute atomic E-state index is 0.0129. The number of nitrogens with zero attached hydrogens (tertiary/aromatic N) is 1. The third kappa shape index (κ3) is 4.00. The van der Waals surface area contributed by atoms with Crippen molar-refractivity contribution in [3.05, 3.63) is 29.5 Å². The zero-order chi connectivity index (χ0) is 24.0. The van der Waals surface area contributed by atoms with E-state index in [2.05, 4.69) is 33.9 Å². The summed E-state index contributed by atoms with van der Waals surface area (Å²) in [7, 11) is 4.11. The number of benzene rings is 1. The van der Waals surface area contributed by atoms with E-state index < -0.39 is 20.2 Å². The van der Waals surface area contributed by atoms with Crippen molar-refractivity contribution in [2.45, 2.75) is 51.2 Å². The molecule has 1 heterocycles. The highest BCUT2D eigenvalue weighted by Gasteiger charge is 2.52. The van der Waals surface area contributed by atoms with E-state index >= 15 is 0 Å².